The van der Waals surface area contributed by atoms with Gasteiger partial charge in [-0.05, 0) is 64.8 Å². The van der Waals surface area contributed by atoms with Crippen molar-refractivity contribution in [2.45, 2.75) is 64.0 Å². The number of carbonyl (C=O) groups excluding carboxylic acids is 3. The molecule has 2 amide bonds. The van der Waals surface area contributed by atoms with Crippen molar-refractivity contribution >= 4 is 17.8 Å². The molecule has 1 saturated heterocycles. The second-order valence-corrected chi connectivity index (χ2v) is 12.8. The van der Waals surface area contributed by atoms with Gasteiger partial charge < -0.3 is 24.9 Å². The average molecular weight is 607 g/mol. The molecule has 1 saturated carbocycles. The summed E-state index contributed by atoms with van der Waals surface area (Å²) >= 11 is 0. The van der Waals surface area contributed by atoms with Gasteiger partial charge in [-0.1, -0.05) is 50.2 Å². The van der Waals surface area contributed by atoms with E-state index in [4.69, 9.17) is 9.72 Å². The van der Waals surface area contributed by atoms with Crippen molar-refractivity contribution in [1.29, 1.82) is 0 Å². The van der Waals surface area contributed by atoms with Crippen LogP contribution in [0, 0.1) is 11.8 Å². The number of amides is 2. The third-order valence-electron chi connectivity index (χ3n) is 9.83. The number of nitrogens with one attached hydrogen (secondary N) is 3. The van der Waals surface area contributed by atoms with Gasteiger partial charge in [0.25, 0.3) is 0 Å². The van der Waals surface area contributed by atoms with Crippen LogP contribution in [0.5, 0.6) is 0 Å². The molecule has 10 nitrogen and oxygen atoms in total. The molecule has 0 bridgehead atoms. The monoisotopic (exact) mass is 606 g/mol. The van der Waals surface area contributed by atoms with Gasteiger partial charge in [0.15, 0.2) is 0 Å². The highest BCUT2D eigenvalue weighted by Crippen LogP contribution is 2.52. The second-order valence-electron chi connectivity index (χ2n) is 12.8. The van der Waals surface area contributed by atoms with Gasteiger partial charge in [0.2, 0.25) is 5.91 Å². The Hall–Kier alpha value is -4.73. The molecule has 3 N–H and O–H groups in total. The number of fused-ring (bicyclic) bond motifs is 3. The lowest BCUT2D eigenvalue weighted by Crippen LogP contribution is -2.51. The molecule has 10 heteroatoms. The summed E-state index contributed by atoms with van der Waals surface area (Å²) in [4.78, 5) is 55.3. The Morgan fingerprint density at radius 3 is 2.51 bits per heavy atom. The third kappa shape index (κ3) is 5.22. The number of aromatic nitrogens is 4. The number of hydrogen-bond acceptors (Lipinski definition) is 6. The minimum Gasteiger partial charge on any atom is -0.453 e. The number of ketones is 1. The van der Waals surface area contributed by atoms with Gasteiger partial charge in [-0.2, -0.15) is 0 Å². The van der Waals surface area contributed by atoms with Crippen molar-refractivity contribution in [3.8, 4) is 33.6 Å². The molecule has 3 heterocycles. The van der Waals surface area contributed by atoms with E-state index >= 15 is 0 Å². The maximum absolute atomic E-state index is 13.5. The fourth-order valence-corrected chi connectivity index (χ4v) is 7.63. The number of alkyl carbamates (subject to hydrolysis) is 1. The lowest BCUT2D eigenvalue weighted by Gasteiger charge is -2.30. The molecule has 2 aliphatic carbocycles. The first-order valence-corrected chi connectivity index (χ1v) is 15.8. The summed E-state index contributed by atoms with van der Waals surface area (Å²) in [6.45, 7) is 4.43. The van der Waals surface area contributed by atoms with Crippen LogP contribution < -0.4 is 5.32 Å². The molecule has 3 aliphatic rings. The molecule has 7 rings (SSSR count). The lowest BCUT2D eigenvalue weighted by atomic mass is 9.87. The number of nitrogens with zero attached hydrogens (tertiary/aromatic N) is 3. The molecule has 2 unspecified atom stereocenters. The first kappa shape index (κ1) is 29.0. The van der Waals surface area contributed by atoms with Crippen molar-refractivity contribution in [2.75, 3.05) is 13.7 Å². The number of H-pyrrole nitrogens is 2. The molecule has 0 spiro atoms. The molecule has 0 radical (unpaired) electrons. The summed E-state index contributed by atoms with van der Waals surface area (Å²) in [6.07, 6.45) is 8.63. The Morgan fingerprint density at radius 2 is 1.78 bits per heavy atom. The molecule has 45 heavy (non-hydrogen) atoms. The summed E-state index contributed by atoms with van der Waals surface area (Å²) in [7, 11) is 1.30. The predicted molar refractivity (Wildman–Crippen MR) is 169 cm³/mol. The van der Waals surface area contributed by atoms with Crippen molar-refractivity contribution in [1.82, 2.24) is 30.2 Å². The SMILES string of the molecule is COC(=O)N[C@H](C(=O)N1CCC[C@H]1c1ncc(-c2ccc(-c3ccc(-c4cnc[nH]4)c4c3C3CC(=O)CC3C4)cc2)[nH]1)C(C)C. The number of benzene rings is 2. The Morgan fingerprint density at radius 1 is 1.00 bits per heavy atom. The summed E-state index contributed by atoms with van der Waals surface area (Å²) in [6, 6.07) is 12.0. The summed E-state index contributed by atoms with van der Waals surface area (Å²) in [5.74, 6) is 1.51. The molecule has 4 atom stereocenters. The molecule has 2 aromatic carbocycles. The van der Waals surface area contributed by atoms with Crippen LogP contribution in [-0.2, 0) is 20.7 Å². The number of hydrogen-bond donors (Lipinski definition) is 3. The third-order valence-corrected chi connectivity index (χ3v) is 9.83. The minimum absolute atomic E-state index is 0.0912. The van der Waals surface area contributed by atoms with Gasteiger partial charge in [0.05, 0.1) is 43.3 Å². The number of likely N-dealkylation sites (tertiary alicyclic amines) is 1. The highest BCUT2D eigenvalue weighted by Gasteiger charge is 2.43. The fraction of sp³-hybridized carbons (Fsp3) is 0.400. The summed E-state index contributed by atoms with van der Waals surface area (Å²) in [5, 5.41) is 2.70. The van der Waals surface area contributed by atoms with Crippen molar-refractivity contribution in [3.63, 3.8) is 0 Å². The van der Waals surface area contributed by atoms with E-state index in [1.165, 1.54) is 29.4 Å². The second kappa shape index (κ2) is 11.6. The van der Waals surface area contributed by atoms with E-state index in [-0.39, 0.29) is 23.8 Å². The van der Waals surface area contributed by atoms with Crippen LogP contribution in [-0.4, -0.2) is 62.3 Å². The number of Topliss-reactive ketones (excluding diaryl/α,β-unsaturated/α-hetero) is 1. The number of aromatic amines is 2. The number of methoxy groups -OCH3 is 1. The minimum atomic E-state index is -0.673. The van der Waals surface area contributed by atoms with E-state index in [1.54, 1.807) is 6.33 Å². The van der Waals surface area contributed by atoms with E-state index in [9.17, 15) is 14.4 Å². The number of carbonyl (C=O) groups is 3. The Kier molecular flexibility index (Phi) is 7.51. The van der Waals surface area contributed by atoms with Gasteiger partial charge >= 0.3 is 6.09 Å². The Bertz CT molecular complexity index is 1740. The Balaban J connectivity index is 1.14. The zero-order valence-corrected chi connectivity index (χ0v) is 25.8. The molecule has 1 aliphatic heterocycles. The standard InChI is InChI=1S/C35H38N6O4/c1-19(2)32(40-35(44)45-3)34(43)41-12-4-5-30(41)33-37-17-28(39-33)21-8-6-20(7-9-21)24-10-11-25(29-16-36-18-38-29)27-14-22-13-23(42)15-26(22)31(24)27/h6-11,16-19,22,26,30,32H,4-5,12-15H2,1-3H3,(H,36,38)(H,37,39)(H,40,44)/t22?,26?,30-,32-/m0/s1. The van der Waals surface area contributed by atoms with E-state index in [0.29, 0.717) is 31.1 Å². The summed E-state index contributed by atoms with van der Waals surface area (Å²) in [5.41, 5.74) is 9.02. The molecule has 4 aromatic rings. The predicted octanol–water partition coefficient (Wildman–Crippen LogP) is 5.80. The van der Waals surface area contributed by atoms with Gasteiger partial charge in [-0.15, -0.1) is 0 Å². The fourth-order valence-electron chi connectivity index (χ4n) is 7.63. The maximum atomic E-state index is 13.5. The smallest absolute Gasteiger partial charge is 0.407 e. The first-order valence-electron chi connectivity index (χ1n) is 15.8. The van der Waals surface area contributed by atoms with Crippen LogP contribution in [0.3, 0.4) is 0 Å². The lowest BCUT2D eigenvalue weighted by molar-refractivity contribution is -0.135. The largest absolute Gasteiger partial charge is 0.453 e. The highest BCUT2D eigenvalue weighted by molar-refractivity contribution is 5.87. The zero-order chi connectivity index (χ0) is 31.2. The maximum Gasteiger partial charge on any atom is 0.407 e. The van der Waals surface area contributed by atoms with Crippen molar-refractivity contribution in [3.05, 3.63) is 72.1 Å². The van der Waals surface area contributed by atoms with Crippen molar-refractivity contribution < 1.29 is 19.1 Å². The average Bonchev–Trinajstić information content (AvgIpc) is 3.87. The van der Waals surface area contributed by atoms with Crippen LogP contribution >= 0.6 is 0 Å². The molecule has 2 aromatic heterocycles. The summed E-state index contributed by atoms with van der Waals surface area (Å²) < 4.78 is 4.75. The molecule has 232 valence electrons. The topological polar surface area (TPSA) is 133 Å². The van der Waals surface area contributed by atoms with Gasteiger partial charge in [0.1, 0.15) is 17.6 Å². The first-order chi connectivity index (χ1) is 21.8. The molecular weight excluding hydrogens is 568 g/mol. The van der Waals surface area contributed by atoms with E-state index < -0.39 is 12.1 Å². The van der Waals surface area contributed by atoms with Gasteiger partial charge in [-0.25, -0.2) is 14.8 Å². The van der Waals surface area contributed by atoms with Crippen LogP contribution in [0.25, 0.3) is 33.6 Å². The van der Waals surface area contributed by atoms with Crippen molar-refractivity contribution in [2.24, 2.45) is 11.8 Å². The Labute approximate surface area is 262 Å². The van der Waals surface area contributed by atoms with Gasteiger partial charge in [0, 0.05) is 24.9 Å². The van der Waals surface area contributed by atoms with Gasteiger partial charge in [-0.3, -0.25) is 9.59 Å². The number of imidazole rings is 2. The van der Waals surface area contributed by atoms with Crippen LogP contribution in [0.15, 0.2) is 55.1 Å². The molecule has 2 fully saturated rings. The van der Waals surface area contributed by atoms with Crippen LogP contribution in [0.4, 0.5) is 4.79 Å². The normalized spacial score (nSPS) is 21.2. The number of rotatable bonds is 7. The quantitative estimate of drug-likeness (QED) is 0.244. The van der Waals surface area contributed by atoms with E-state index in [0.717, 1.165) is 47.6 Å². The van der Waals surface area contributed by atoms with Crippen LogP contribution in [0.2, 0.25) is 0 Å². The number of ether oxygens (including phenoxy) is 1. The van der Waals surface area contributed by atoms with Crippen LogP contribution in [0.1, 0.15) is 68.4 Å². The van der Waals surface area contributed by atoms with E-state index in [1.807, 2.05) is 31.1 Å². The van der Waals surface area contributed by atoms with E-state index in [2.05, 4.69) is 56.7 Å². The molecular formula is C35H38N6O4. The highest BCUT2D eigenvalue weighted by atomic mass is 16.5. The zero-order valence-electron chi connectivity index (χ0n) is 25.8.